The summed E-state index contributed by atoms with van der Waals surface area (Å²) in [5, 5.41) is 10.7. The second kappa shape index (κ2) is 7.74. The molecule has 22 heavy (non-hydrogen) atoms. The van der Waals surface area contributed by atoms with Crippen LogP contribution in [0.25, 0.3) is 0 Å². The van der Waals surface area contributed by atoms with Crippen LogP contribution in [0.1, 0.15) is 11.4 Å². The topological polar surface area (TPSA) is 67.1 Å². The van der Waals surface area contributed by atoms with E-state index in [9.17, 15) is 4.39 Å². The zero-order chi connectivity index (χ0) is 15.9. The standard InChI is InChI=1S/C14H18ClFN6/c1-17-14(19-8-13-20-9-21-22(13)2)18-7-6-10-11(15)4-3-5-12(10)16/h3-5,9H,6-8H2,1-2H3,(H2,17,18,19). The quantitative estimate of drug-likeness (QED) is 0.646. The SMILES string of the molecule is CN=C(NCCc1c(F)cccc1Cl)NCc1ncnn1C. The smallest absolute Gasteiger partial charge is 0.191 e. The van der Waals surface area contributed by atoms with E-state index in [1.54, 1.807) is 23.9 Å². The van der Waals surface area contributed by atoms with Crippen molar-refractivity contribution >= 4 is 17.6 Å². The maximum absolute atomic E-state index is 13.7. The Labute approximate surface area is 133 Å². The predicted octanol–water partition coefficient (Wildman–Crippen LogP) is 1.52. The van der Waals surface area contributed by atoms with Gasteiger partial charge < -0.3 is 10.6 Å². The molecule has 1 heterocycles. The van der Waals surface area contributed by atoms with E-state index in [4.69, 9.17) is 11.6 Å². The number of aliphatic imine (C=N–C) groups is 1. The highest BCUT2D eigenvalue weighted by atomic mass is 35.5. The Morgan fingerprint density at radius 1 is 1.41 bits per heavy atom. The summed E-state index contributed by atoms with van der Waals surface area (Å²) >= 11 is 5.99. The maximum atomic E-state index is 13.7. The van der Waals surface area contributed by atoms with Crippen molar-refractivity contribution in [3.63, 3.8) is 0 Å². The van der Waals surface area contributed by atoms with Crippen molar-refractivity contribution in [3.8, 4) is 0 Å². The zero-order valence-corrected chi connectivity index (χ0v) is 13.2. The zero-order valence-electron chi connectivity index (χ0n) is 12.5. The van der Waals surface area contributed by atoms with E-state index in [1.165, 1.54) is 12.4 Å². The summed E-state index contributed by atoms with van der Waals surface area (Å²) in [6.45, 7) is 1.01. The second-order valence-corrected chi connectivity index (χ2v) is 5.01. The lowest BCUT2D eigenvalue weighted by Crippen LogP contribution is -2.38. The van der Waals surface area contributed by atoms with Gasteiger partial charge in [-0.05, 0) is 18.6 Å². The molecule has 0 aliphatic heterocycles. The molecule has 0 atom stereocenters. The van der Waals surface area contributed by atoms with Gasteiger partial charge in [0.05, 0.1) is 6.54 Å². The first-order valence-electron chi connectivity index (χ1n) is 6.82. The number of hydrogen-bond acceptors (Lipinski definition) is 3. The Morgan fingerprint density at radius 2 is 2.23 bits per heavy atom. The Morgan fingerprint density at radius 3 is 2.86 bits per heavy atom. The molecule has 118 valence electrons. The molecule has 0 radical (unpaired) electrons. The Bertz CT molecular complexity index is 634. The third kappa shape index (κ3) is 4.17. The fourth-order valence-corrected chi connectivity index (χ4v) is 2.20. The molecule has 0 fully saturated rings. The lowest BCUT2D eigenvalue weighted by atomic mass is 10.1. The molecule has 0 saturated heterocycles. The van der Waals surface area contributed by atoms with Crippen molar-refractivity contribution in [1.82, 2.24) is 25.4 Å². The van der Waals surface area contributed by atoms with E-state index in [0.29, 0.717) is 36.1 Å². The van der Waals surface area contributed by atoms with Gasteiger partial charge in [0.1, 0.15) is 18.0 Å². The van der Waals surface area contributed by atoms with Crippen LogP contribution < -0.4 is 10.6 Å². The van der Waals surface area contributed by atoms with Gasteiger partial charge in [-0.3, -0.25) is 9.67 Å². The van der Waals surface area contributed by atoms with Gasteiger partial charge in [-0.1, -0.05) is 17.7 Å². The van der Waals surface area contributed by atoms with Gasteiger partial charge in [0.15, 0.2) is 5.96 Å². The molecule has 1 aromatic carbocycles. The lowest BCUT2D eigenvalue weighted by Gasteiger charge is -2.12. The Hall–Kier alpha value is -2.15. The number of nitrogens with zero attached hydrogens (tertiary/aromatic N) is 4. The molecule has 2 rings (SSSR count). The average molecular weight is 325 g/mol. The minimum absolute atomic E-state index is 0.295. The molecular formula is C14H18ClFN6. The Balaban J connectivity index is 1.83. The second-order valence-electron chi connectivity index (χ2n) is 4.60. The van der Waals surface area contributed by atoms with Crippen LogP contribution in [0.3, 0.4) is 0 Å². The van der Waals surface area contributed by atoms with Crippen molar-refractivity contribution in [1.29, 1.82) is 0 Å². The van der Waals surface area contributed by atoms with Gasteiger partial charge in [-0.2, -0.15) is 5.10 Å². The van der Waals surface area contributed by atoms with Gasteiger partial charge in [-0.25, -0.2) is 9.37 Å². The maximum Gasteiger partial charge on any atom is 0.191 e. The van der Waals surface area contributed by atoms with Crippen LogP contribution in [0.5, 0.6) is 0 Å². The van der Waals surface area contributed by atoms with Crippen molar-refractivity contribution in [2.24, 2.45) is 12.0 Å². The van der Waals surface area contributed by atoms with Crippen LogP contribution >= 0.6 is 11.6 Å². The molecule has 0 aliphatic rings. The summed E-state index contributed by atoms with van der Waals surface area (Å²) in [5.41, 5.74) is 0.500. The molecule has 1 aromatic heterocycles. The third-order valence-corrected chi connectivity index (χ3v) is 3.53. The lowest BCUT2D eigenvalue weighted by molar-refractivity contribution is 0.606. The van der Waals surface area contributed by atoms with Gasteiger partial charge in [0.25, 0.3) is 0 Å². The van der Waals surface area contributed by atoms with E-state index < -0.39 is 0 Å². The summed E-state index contributed by atoms with van der Waals surface area (Å²) in [6.07, 6.45) is 1.96. The molecule has 2 N–H and O–H groups in total. The van der Waals surface area contributed by atoms with Crippen LogP contribution in [0.2, 0.25) is 5.02 Å². The van der Waals surface area contributed by atoms with Crippen LogP contribution in [-0.2, 0) is 20.0 Å². The highest BCUT2D eigenvalue weighted by Crippen LogP contribution is 2.18. The van der Waals surface area contributed by atoms with Crippen LogP contribution in [0, 0.1) is 5.82 Å². The van der Waals surface area contributed by atoms with Crippen LogP contribution in [0.15, 0.2) is 29.5 Å². The molecule has 0 amide bonds. The minimum atomic E-state index is -0.295. The first-order chi connectivity index (χ1) is 10.6. The number of benzene rings is 1. The number of halogens is 2. The summed E-state index contributed by atoms with van der Waals surface area (Å²) in [6, 6.07) is 4.68. The first-order valence-corrected chi connectivity index (χ1v) is 7.20. The molecule has 6 nitrogen and oxygen atoms in total. The molecule has 0 aliphatic carbocycles. The van der Waals surface area contributed by atoms with E-state index in [-0.39, 0.29) is 5.82 Å². The average Bonchev–Trinajstić information content (AvgIpc) is 2.90. The molecule has 8 heteroatoms. The molecule has 0 saturated carbocycles. The van der Waals surface area contributed by atoms with Gasteiger partial charge in [0, 0.05) is 31.2 Å². The highest BCUT2D eigenvalue weighted by molar-refractivity contribution is 6.31. The van der Waals surface area contributed by atoms with Crippen LogP contribution in [0.4, 0.5) is 4.39 Å². The Kier molecular flexibility index (Phi) is 5.71. The van der Waals surface area contributed by atoms with Crippen molar-refractivity contribution < 1.29 is 4.39 Å². The highest BCUT2D eigenvalue weighted by Gasteiger charge is 2.07. The molecule has 0 spiro atoms. The van der Waals surface area contributed by atoms with Crippen molar-refractivity contribution in [3.05, 3.63) is 46.8 Å². The number of aryl methyl sites for hydroxylation is 1. The number of rotatable bonds is 5. The summed E-state index contributed by atoms with van der Waals surface area (Å²) in [5.74, 6) is 1.10. The largest absolute Gasteiger partial charge is 0.356 e. The van der Waals surface area contributed by atoms with Gasteiger partial charge >= 0.3 is 0 Å². The fourth-order valence-electron chi connectivity index (χ4n) is 1.94. The number of aromatic nitrogens is 3. The first kappa shape index (κ1) is 16.2. The minimum Gasteiger partial charge on any atom is -0.356 e. The van der Waals surface area contributed by atoms with Gasteiger partial charge in [0.2, 0.25) is 0 Å². The fraction of sp³-hybridized carbons (Fsp3) is 0.357. The van der Waals surface area contributed by atoms with Crippen molar-refractivity contribution in [2.75, 3.05) is 13.6 Å². The molecule has 0 bridgehead atoms. The summed E-state index contributed by atoms with van der Waals surface area (Å²) < 4.78 is 15.3. The van der Waals surface area contributed by atoms with Crippen molar-refractivity contribution in [2.45, 2.75) is 13.0 Å². The van der Waals surface area contributed by atoms with E-state index in [1.807, 2.05) is 7.05 Å². The van der Waals surface area contributed by atoms with E-state index in [2.05, 4.69) is 25.7 Å². The van der Waals surface area contributed by atoms with Gasteiger partial charge in [-0.15, -0.1) is 0 Å². The molecular weight excluding hydrogens is 307 g/mol. The number of guanidine groups is 1. The molecule has 2 aromatic rings. The summed E-state index contributed by atoms with van der Waals surface area (Å²) in [7, 11) is 3.49. The van der Waals surface area contributed by atoms with E-state index >= 15 is 0 Å². The third-order valence-electron chi connectivity index (χ3n) is 3.17. The van der Waals surface area contributed by atoms with Crippen LogP contribution in [-0.4, -0.2) is 34.3 Å². The van der Waals surface area contributed by atoms with E-state index in [0.717, 1.165) is 5.82 Å². The normalized spacial score (nSPS) is 11.5. The number of hydrogen-bond donors (Lipinski definition) is 2. The summed E-state index contributed by atoms with van der Waals surface area (Å²) in [4.78, 5) is 8.22. The number of nitrogens with one attached hydrogen (secondary N) is 2. The monoisotopic (exact) mass is 324 g/mol. The predicted molar refractivity (Wildman–Crippen MR) is 84.3 cm³/mol. The molecule has 0 unspecified atom stereocenters.